The lowest BCUT2D eigenvalue weighted by molar-refractivity contribution is -0.118. The number of carbonyl (C=O) groups excluding carboxylic acids is 1. The normalized spacial score (nSPS) is 14.8. The third kappa shape index (κ3) is 1.91. The van der Waals surface area contributed by atoms with Crippen LogP contribution < -0.4 is 5.01 Å². The molecule has 3 rings (SSSR count). The molecule has 2 aromatic rings. The first-order chi connectivity index (χ1) is 9.59. The van der Waals surface area contributed by atoms with Crippen LogP contribution in [0.1, 0.15) is 11.3 Å². The number of benzene rings is 1. The molecule has 102 valence electrons. The van der Waals surface area contributed by atoms with Gasteiger partial charge in [-0.2, -0.15) is 0 Å². The van der Waals surface area contributed by atoms with Crippen LogP contribution in [0, 0.1) is 5.82 Å². The molecule has 0 saturated heterocycles. The quantitative estimate of drug-likeness (QED) is 0.794. The van der Waals surface area contributed by atoms with Gasteiger partial charge in [-0.25, -0.2) is 14.1 Å². The van der Waals surface area contributed by atoms with Gasteiger partial charge >= 0.3 is 0 Å². The number of likely N-dealkylation sites (N-methyl/N-ethyl adjacent to an activating group) is 1. The Morgan fingerprint density at radius 3 is 2.75 bits per heavy atom. The summed E-state index contributed by atoms with van der Waals surface area (Å²) in [4.78, 5) is 16.2. The Bertz CT molecular complexity index is 723. The number of aromatic nitrogens is 1. The van der Waals surface area contributed by atoms with Crippen molar-refractivity contribution in [2.75, 3.05) is 18.6 Å². The molecule has 0 radical (unpaired) electrons. The van der Waals surface area contributed by atoms with Crippen molar-refractivity contribution in [1.29, 1.82) is 0 Å². The van der Waals surface area contributed by atoms with Gasteiger partial charge < -0.3 is 0 Å². The zero-order chi connectivity index (χ0) is 14.3. The van der Waals surface area contributed by atoms with Crippen LogP contribution in [0.15, 0.2) is 41.4 Å². The minimum Gasteiger partial charge on any atom is -0.272 e. The summed E-state index contributed by atoms with van der Waals surface area (Å²) in [6, 6.07) is 9.72. The van der Waals surface area contributed by atoms with Crippen LogP contribution in [0.2, 0.25) is 5.15 Å². The summed E-state index contributed by atoms with van der Waals surface area (Å²) >= 11 is 6.10. The predicted molar refractivity (Wildman–Crippen MR) is 75.5 cm³/mol. The first kappa shape index (κ1) is 12.9. The molecule has 0 fully saturated rings. The third-order valence-corrected chi connectivity index (χ3v) is 3.50. The van der Waals surface area contributed by atoms with Gasteiger partial charge in [-0.15, -0.1) is 0 Å². The van der Waals surface area contributed by atoms with E-state index in [9.17, 15) is 9.18 Å². The highest BCUT2D eigenvalue weighted by Crippen LogP contribution is 2.22. The maximum atomic E-state index is 14.0. The minimum absolute atomic E-state index is 0.0435. The Morgan fingerprint density at radius 2 is 2.00 bits per heavy atom. The molecule has 1 aliphatic heterocycles. The van der Waals surface area contributed by atoms with Gasteiger partial charge in [0.05, 0.1) is 11.4 Å². The van der Waals surface area contributed by atoms with E-state index in [1.54, 1.807) is 37.4 Å². The lowest BCUT2D eigenvalue weighted by Crippen LogP contribution is -2.38. The van der Waals surface area contributed by atoms with Crippen molar-refractivity contribution < 1.29 is 9.18 Å². The Hall–Kier alpha value is -2.14. The van der Waals surface area contributed by atoms with Gasteiger partial charge in [-0.05, 0) is 24.3 Å². The van der Waals surface area contributed by atoms with Crippen LogP contribution in [0.5, 0.6) is 0 Å². The maximum absolute atomic E-state index is 14.0. The number of nitrogens with zero attached hydrogens (tertiary/aromatic N) is 3. The summed E-state index contributed by atoms with van der Waals surface area (Å²) in [5.41, 5.74) is 1.37. The molecule has 2 heterocycles. The van der Waals surface area contributed by atoms with Gasteiger partial charge in [0.25, 0.3) is 5.91 Å². The average Bonchev–Trinajstić information content (AvgIpc) is 2.76. The molecule has 0 spiro atoms. The van der Waals surface area contributed by atoms with Crippen LogP contribution in [0.4, 0.5) is 4.39 Å². The molecular formula is C14H11ClFN3O. The molecule has 6 heteroatoms. The molecule has 0 saturated carbocycles. The van der Waals surface area contributed by atoms with Gasteiger partial charge in [0.1, 0.15) is 17.5 Å². The summed E-state index contributed by atoms with van der Waals surface area (Å²) in [5.74, 6) is -0.595. The fraction of sp³-hybridized carbons (Fsp3) is 0.143. The van der Waals surface area contributed by atoms with E-state index in [-0.39, 0.29) is 18.3 Å². The Morgan fingerprint density at radius 1 is 1.25 bits per heavy atom. The van der Waals surface area contributed by atoms with Crippen molar-refractivity contribution in [3.8, 4) is 0 Å². The van der Waals surface area contributed by atoms with E-state index in [4.69, 9.17) is 11.6 Å². The summed E-state index contributed by atoms with van der Waals surface area (Å²) in [5, 5.41) is 1.76. The molecule has 0 atom stereocenters. The zero-order valence-electron chi connectivity index (χ0n) is 10.7. The summed E-state index contributed by atoms with van der Waals surface area (Å²) in [6.07, 6.45) is 0. The molecule has 1 amide bonds. The molecule has 0 unspecified atom stereocenters. The second kappa shape index (κ2) is 4.76. The van der Waals surface area contributed by atoms with Gasteiger partial charge in [-0.1, -0.05) is 23.7 Å². The molecule has 1 aliphatic rings. The number of hydrogen-bond donors (Lipinski definition) is 0. The van der Waals surface area contributed by atoms with E-state index in [0.29, 0.717) is 22.1 Å². The zero-order valence-corrected chi connectivity index (χ0v) is 11.4. The van der Waals surface area contributed by atoms with E-state index >= 15 is 0 Å². The summed E-state index contributed by atoms with van der Waals surface area (Å²) < 4.78 is 15.5. The molecule has 20 heavy (non-hydrogen) atoms. The van der Waals surface area contributed by atoms with Crippen LogP contribution in [-0.2, 0) is 4.79 Å². The number of halogens is 2. The number of aliphatic imine (C=N–C) groups is 1. The average molecular weight is 292 g/mol. The smallest absolute Gasteiger partial charge is 0.262 e. The predicted octanol–water partition coefficient (Wildman–Crippen LogP) is 2.23. The second-order valence-electron chi connectivity index (χ2n) is 4.42. The van der Waals surface area contributed by atoms with E-state index in [0.717, 1.165) is 0 Å². The van der Waals surface area contributed by atoms with E-state index < -0.39 is 0 Å². The van der Waals surface area contributed by atoms with Gasteiger partial charge in [-0.3, -0.25) is 9.79 Å². The van der Waals surface area contributed by atoms with Crippen molar-refractivity contribution in [3.05, 3.63) is 58.6 Å². The van der Waals surface area contributed by atoms with Crippen LogP contribution in [-0.4, -0.2) is 29.9 Å². The van der Waals surface area contributed by atoms with Crippen molar-refractivity contribution in [2.24, 2.45) is 4.99 Å². The largest absolute Gasteiger partial charge is 0.272 e. The van der Waals surface area contributed by atoms with Crippen LogP contribution in [0.25, 0.3) is 0 Å². The van der Waals surface area contributed by atoms with E-state index in [1.807, 2.05) is 0 Å². The van der Waals surface area contributed by atoms with Crippen LogP contribution in [0.3, 0.4) is 0 Å². The van der Waals surface area contributed by atoms with Crippen molar-refractivity contribution in [3.63, 3.8) is 0 Å². The summed E-state index contributed by atoms with van der Waals surface area (Å²) in [7, 11) is 1.61. The van der Waals surface area contributed by atoms with E-state index in [1.165, 1.54) is 15.8 Å². The first-order valence-electron chi connectivity index (χ1n) is 6.03. The van der Waals surface area contributed by atoms with Crippen molar-refractivity contribution in [1.82, 2.24) is 4.68 Å². The third-order valence-electron chi connectivity index (χ3n) is 3.21. The van der Waals surface area contributed by atoms with E-state index in [2.05, 4.69) is 4.99 Å². The Labute approximate surface area is 120 Å². The molecule has 0 N–H and O–H groups in total. The van der Waals surface area contributed by atoms with Gasteiger partial charge in [0.15, 0.2) is 0 Å². The fourth-order valence-corrected chi connectivity index (χ4v) is 2.47. The second-order valence-corrected chi connectivity index (χ2v) is 4.80. The van der Waals surface area contributed by atoms with Crippen molar-refractivity contribution >= 4 is 23.2 Å². The SMILES string of the molecule is CN1C(=O)CN=C(c2ccccc2F)c2ccc(Cl)n21. The highest BCUT2D eigenvalue weighted by atomic mass is 35.5. The van der Waals surface area contributed by atoms with Crippen molar-refractivity contribution in [2.45, 2.75) is 0 Å². The number of amides is 1. The topological polar surface area (TPSA) is 37.6 Å². The Kier molecular flexibility index (Phi) is 3.06. The molecule has 0 bridgehead atoms. The standard InChI is InChI=1S/C14H11ClFN3O/c1-18-13(20)8-17-14(9-4-2-3-5-10(9)16)11-6-7-12(15)19(11)18/h2-7H,8H2,1H3. The molecule has 1 aromatic carbocycles. The number of fused-ring (bicyclic) bond motifs is 1. The molecule has 0 aliphatic carbocycles. The number of carbonyl (C=O) groups is 1. The van der Waals surface area contributed by atoms with Gasteiger partial charge in [0, 0.05) is 12.6 Å². The number of rotatable bonds is 1. The fourth-order valence-electron chi connectivity index (χ4n) is 2.21. The molecular weight excluding hydrogens is 281 g/mol. The summed E-state index contributed by atoms with van der Waals surface area (Å²) in [6.45, 7) is -0.0435. The minimum atomic E-state index is -0.382. The van der Waals surface area contributed by atoms with Crippen LogP contribution >= 0.6 is 11.6 Å². The monoisotopic (exact) mass is 291 g/mol. The Balaban J connectivity index is 2.24. The lowest BCUT2D eigenvalue weighted by Gasteiger charge is -2.19. The molecule has 1 aromatic heterocycles. The first-order valence-corrected chi connectivity index (χ1v) is 6.41. The highest BCUT2D eigenvalue weighted by molar-refractivity contribution is 6.30. The lowest BCUT2D eigenvalue weighted by atomic mass is 10.1. The highest BCUT2D eigenvalue weighted by Gasteiger charge is 2.25. The number of hydrogen-bond acceptors (Lipinski definition) is 2. The molecule has 4 nitrogen and oxygen atoms in total. The van der Waals surface area contributed by atoms with Gasteiger partial charge in [0.2, 0.25) is 0 Å². The maximum Gasteiger partial charge on any atom is 0.262 e.